The normalized spacial score (nSPS) is 21.5. The van der Waals surface area contributed by atoms with Gasteiger partial charge in [-0.3, -0.25) is 0 Å². The summed E-state index contributed by atoms with van der Waals surface area (Å²) in [7, 11) is 0. The molecule has 1 aromatic carbocycles. The maximum Gasteiger partial charge on any atom is 0.407 e. The standard InChI is InChI=1S/C16H22F2N2O2/c1-16(2,3)22-15(21)20-11-8-7-10(9-11)19-13-6-4-5-12(17)14(13)18/h4-6,10-11,19H,7-9H2,1-3H3,(H,20,21). The van der Waals surface area contributed by atoms with E-state index in [-0.39, 0.29) is 17.8 Å². The monoisotopic (exact) mass is 312 g/mol. The van der Waals surface area contributed by atoms with Crippen molar-refractivity contribution in [3.63, 3.8) is 0 Å². The highest BCUT2D eigenvalue weighted by Crippen LogP contribution is 2.25. The van der Waals surface area contributed by atoms with Crippen LogP contribution in [0, 0.1) is 11.6 Å². The lowest BCUT2D eigenvalue weighted by atomic mass is 10.2. The highest BCUT2D eigenvalue weighted by molar-refractivity contribution is 5.68. The third-order valence-corrected chi connectivity index (χ3v) is 3.46. The van der Waals surface area contributed by atoms with Crippen LogP contribution < -0.4 is 10.6 Å². The van der Waals surface area contributed by atoms with Gasteiger partial charge in [0.15, 0.2) is 11.6 Å². The molecule has 122 valence electrons. The SMILES string of the molecule is CC(C)(C)OC(=O)NC1CCC(Nc2cccc(F)c2F)C1. The number of halogens is 2. The van der Waals surface area contributed by atoms with Gasteiger partial charge in [-0.2, -0.15) is 0 Å². The summed E-state index contributed by atoms with van der Waals surface area (Å²) in [4.78, 5) is 11.7. The molecule has 2 atom stereocenters. The Morgan fingerprint density at radius 2 is 1.91 bits per heavy atom. The smallest absolute Gasteiger partial charge is 0.407 e. The van der Waals surface area contributed by atoms with Gasteiger partial charge in [0.05, 0.1) is 5.69 Å². The number of hydrogen-bond donors (Lipinski definition) is 2. The van der Waals surface area contributed by atoms with E-state index >= 15 is 0 Å². The summed E-state index contributed by atoms with van der Waals surface area (Å²) >= 11 is 0. The molecule has 4 nitrogen and oxygen atoms in total. The molecule has 1 amide bonds. The number of alkyl carbamates (subject to hydrolysis) is 1. The van der Waals surface area contributed by atoms with Crippen molar-refractivity contribution >= 4 is 11.8 Å². The van der Waals surface area contributed by atoms with Gasteiger partial charge in [-0.15, -0.1) is 0 Å². The number of carbonyl (C=O) groups is 1. The predicted molar refractivity (Wildman–Crippen MR) is 80.8 cm³/mol. The van der Waals surface area contributed by atoms with E-state index in [4.69, 9.17) is 4.74 Å². The lowest BCUT2D eigenvalue weighted by Crippen LogP contribution is -2.38. The third kappa shape index (κ3) is 4.58. The topological polar surface area (TPSA) is 50.4 Å². The van der Waals surface area contributed by atoms with Gasteiger partial charge in [-0.05, 0) is 52.2 Å². The Balaban J connectivity index is 1.85. The molecule has 2 rings (SSSR count). The number of nitrogens with one attached hydrogen (secondary N) is 2. The van der Waals surface area contributed by atoms with E-state index in [0.717, 1.165) is 18.9 Å². The van der Waals surface area contributed by atoms with Crippen LogP contribution in [0.2, 0.25) is 0 Å². The van der Waals surface area contributed by atoms with Crippen molar-refractivity contribution in [2.45, 2.75) is 57.7 Å². The average Bonchev–Trinajstić information content (AvgIpc) is 2.80. The van der Waals surface area contributed by atoms with E-state index < -0.39 is 23.3 Å². The predicted octanol–water partition coefficient (Wildman–Crippen LogP) is 3.82. The Kier molecular flexibility index (Phi) is 4.88. The molecular formula is C16H22F2N2O2. The minimum Gasteiger partial charge on any atom is -0.444 e. The molecule has 1 aromatic rings. The molecule has 0 aliphatic heterocycles. The maximum atomic E-state index is 13.6. The van der Waals surface area contributed by atoms with Crippen molar-refractivity contribution in [1.82, 2.24) is 5.32 Å². The first kappa shape index (κ1) is 16.5. The van der Waals surface area contributed by atoms with Crippen LogP contribution in [0.15, 0.2) is 18.2 Å². The zero-order valence-corrected chi connectivity index (χ0v) is 13.1. The highest BCUT2D eigenvalue weighted by Gasteiger charge is 2.28. The summed E-state index contributed by atoms with van der Waals surface area (Å²) in [6.07, 6.45) is 1.74. The first-order chi connectivity index (χ1) is 10.2. The van der Waals surface area contributed by atoms with Gasteiger partial charge in [0, 0.05) is 12.1 Å². The van der Waals surface area contributed by atoms with Gasteiger partial charge in [0.2, 0.25) is 0 Å². The first-order valence-corrected chi connectivity index (χ1v) is 7.44. The molecule has 2 unspecified atom stereocenters. The Labute approximate surface area is 129 Å². The number of benzene rings is 1. The van der Waals surface area contributed by atoms with E-state index in [0.29, 0.717) is 6.42 Å². The van der Waals surface area contributed by atoms with Gasteiger partial charge in [0.25, 0.3) is 0 Å². The molecular weight excluding hydrogens is 290 g/mol. The number of ether oxygens (including phenoxy) is 1. The fourth-order valence-corrected chi connectivity index (χ4v) is 2.55. The van der Waals surface area contributed by atoms with Crippen molar-refractivity contribution in [3.05, 3.63) is 29.8 Å². The zero-order chi connectivity index (χ0) is 16.3. The fourth-order valence-electron chi connectivity index (χ4n) is 2.55. The van der Waals surface area contributed by atoms with Crippen molar-refractivity contribution in [2.24, 2.45) is 0 Å². The van der Waals surface area contributed by atoms with Gasteiger partial charge in [-0.25, -0.2) is 13.6 Å². The number of amides is 1. The maximum absolute atomic E-state index is 13.6. The molecule has 0 saturated heterocycles. The van der Waals surface area contributed by atoms with Crippen LogP contribution >= 0.6 is 0 Å². The first-order valence-electron chi connectivity index (χ1n) is 7.44. The Bertz CT molecular complexity index is 543. The van der Waals surface area contributed by atoms with Crippen LogP contribution in [0.25, 0.3) is 0 Å². The van der Waals surface area contributed by atoms with Crippen LogP contribution in [0.5, 0.6) is 0 Å². The number of hydrogen-bond acceptors (Lipinski definition) is 3. The molecule has 0 spiro atoms. The minimum atomic E-state index is -0.869. The van der Waals surface area contributed by atoms with Crippen LogP contribution in [-0.2, 0) is 4.74 Å². The van der Waals surface area contributed by atoms with Gasteiger partial charge < -0.3 is 15.4 Å². The highest BCUT2D eigenvalue weighted by atomic mass is 19.2. The molecule has 22 heavy (non-hydrogen) atoms. The van der Waals surface area contributed by atoms with E-state index in [2.05, 4.69) is 10.6 Å². The van der Waals surface area contributed by atoms with Gasteiger partial charge in [-0.1, -0.05) is 6.07 Å². The van der Waals surface area contributed by atoms with Crippen LogP contribution in [0.3, 0.4) is 0 Å². The lowest BCUT2D eigenvalue weighted by molar-refractivity contribution is 0.0505. The molecule has 1 aliphatic carbocycles. The van der Waals surface area contributed by atoms with Crippen LogP contribution in [0.4, 0.5) is 19.3 Å². The van der Waals surface area contributed by atoms with Crippen molar-refractivity contribution in [3.8, 4) is 0 Å². The molecule has 1 fully saturated rings. The molecule has 0 radical (unpaired) electrons. The van der Waals surface area contributed by atoms with Crippen molar-refractivity contribution in [2.75, 3.05) is 5.32 Å². The van der Waals surface area contributed by atoms with Crippen molar-refractivity contribution in [1.29, 1.82) is 0 Å². The lowest BCUT2D eigenvalue weighted by Gasteiger charge is -2.22. The second-order valence-electron chi connectivity index (χ2n) is 6.60. The molecule has 6 heteroatoms. The van der Waals surface area contributed by atoms with E-state index in [9.17, 15) is 13.6 Å². The zero-order valence-electron chi connectivity index (χ0n) is 13.1. The van der Waals surface area contributed by atoms with Gasteiger partial charge in [0.1, 0.15) is 5.60 Å². The van der Waals surface area contributed by atoms with E-state index in [1.807, 2.05) is 0 Å². The van der Waals surface area contributed by atoms with Crippen LogP contribution in [0.1, 0.15) is 40.0 Å². The molecule has 0 aromatic heterocycles. The Morgan fingerprint density at radius 3 is 2.59 bits per heavy atom. The summed E-state index contributed by atoms with van der Waals surface area (Å²) in [5.74, 6) is -1.74. The summed E-state index contributed by atoms with van der Waals surface area (Å²) in [5.41, 5.74) is -0.381. The van der Waals surface area contributed by atoms with Crippen LogP contribution in [-0.4, -0.2) is 23.8 Å². The number of anilines is 1. The molecule has 1 saturated carbocycles. The quantitative estimate of drug-likeness (QED) is 0.892. The fraction of sp³-hybridized carbons (Fsp3) is 0.562. The summed E-state index contributed by atoms with van der Waals surface area (Å²) < 4.78 is 32.0. The number of carbonyl (C=O) groups excluding carboxylic acids is 1. The average molecular weight is 312 g/mol. The molecule has 0 heterocycles. The Morgan fingerprint density at radius 1 is 1.23 bits per heavy atom. The van der Waals surface area contributed by atoms with E-state index in [1.54, 1.807) is 20.8 Å². The summed E-state index contributed by atoms with van der Waals surface area (Å²) in [6, 6.07) is 4.03. The molecule has 1 aliphatic rings. The third-order valence-electron chi connectivity index (χ3n) is 3.46. The molecule has 2 N–H and O–H groups in total. The largest absolute Gasteiger partial charge is 0.444 e. The number of rotatable bonds is 3. The Hall–Kier alpha value is -1.85. The van der Waals surface area contributed by atoms with Crippen molar-refractivity contribution < 1.29 is 18.3 Å². The summed E-state index contributed by atoms with van der Waals surface area (Å²) in [5, 5.41) is 5.80. The minimum absolute atomic E-state index is 0.00348. The van der Waals surface area contributed by atoms with E-state index in [1.165, 1.54) is 12.1 Å². The summed E-state index contributed by atoms with van der Waals surface area (Å²) in [6.45, 7) is 5.41. The second kappa shape index (κ2) is 6.50. The second-order valence-corrected chi connectivity index (χ2v) is 6.60. The molecule has 0 bridgehead atoms. The van der Waals surface area contributed by atoms with Gasteiger partial charge >= 0.3 is 6.09 Å².